The summed E-state index contributed by atoms with van der Waals surface area (Å²) in [7, 11) is 0. The molecular formula is C32H30N2O4S. The van der Waals surface area contributed by atoms with Gasteiger partial charge >= 0.3 is 12.0 Å². The lowest BCUT2D eigenvalue weighted by Gasteiger charge is -2.24. The lowest BCUT2D eigenvalue weighted by atomic mass is 10.0. The van der Waals surface area contributed by atoms with Gasteiger partial charge in [0.25, 0.3) is 5.91 Å². The summed E-state index contributed by atoms with van der Waals surface area (Å²) in [5.41, 5.74) is 5.18. The van der Waals surface area contributed by atoms with Crippen molar-refractivity contribution in [2.75, 3.05) is 5.75 Å². The second-order valence-corrected chi connectivity index (χ2v) is 10.2. The number of thioether (sulfide) groups is 1. The Bertz CT molecular complexity index is 1390. The number of carbonyl (C=O) groups is 3. The average Bonchev–Trinajstić information content (AvgIpc) is 2.97. The molecule has 0 spiro atoms. The van der Waals surface area contributed by atoms with Crippen LogP contribution < -0.4 is 5.32 Å². The number of amides is 3. The van der Waals surface area contributed by atoms with Crippen LogP contribution in [0.1, 0.15) is 27.0 Å². The topological polar surface area (TPSA) is 86.7 Å². The molecule has 0 aliphatic rings. The van der Waals surface area contributed by atoms with Gasteiger partial charge in [-0.2, -0.15) is 11.8 Å². The summed E-state index contributed by atoms with van der Waals surface area (Å²) in [5, 5.41) is 12.4. The van der Waals surface area contributed by atoms with Crippen molar-refractivity contribution in [1.82, 2.24) is 10.2 Å². The highest BCUT2D eigenvalue weighted by Crippen LogP contribution is 2.21. The molecule has 4 rings (SSSR count). The Morgan fingerprint density at radius 3 is 1.97 bits per heavy atom. The molecule has 6 nitrogen and oxygen atoms in total. The number of urea groups is 1. The molecule has 0 bridgehead atoms. The molecule has 0 saturated carbocycles. The van der Waals surface area contributed by atoms with Gasteiger partial charge in [-0.1, -0.05) is 103 Å². The van der Waals surface area contributed by atoms with Gasteiger partial charge in [0.05, 0.1) is 6.54 Å². The number of aryl methyl sites for hydroxylation is 1. The number of hydrogen-bond donors (Lipinski definition) is 2. The summed E-state index contributed by atoms with van der Waals surface area (Å²) in [5.74, 6) is -0.887. The van der Waals surface area contributed by atoms with Crippen molar-refractivity contribution in [2.45, 2.75) is 25.3 Å². The summed E-state index contributed by atoms with van der Waals surface area (Å²) < 4.78 is 0. The van der Waals surface area contributed by atoms with E-state index in [1.165, 1.54) is 11.8 Å². The third-order valence-corrected chi connectivity index (χ3v) is 7.29. The van der Waals surface area contributed by atoms with Gasteiger partial charge in [-0.3, -0.25) is 9.69 Å². The molecule has 0 aliphatic carbocycles. The molecule has 2 N–H and O–H groups in total. The lowest BCUT2D eigenvalue weighted by molar-refractivity contribution is -0.138. The van der Waals surface area contributed by atoms with E-state index in [4.69, 9.17) is 0 Å². The number of carboxylic acids is 1. The van der Waals surface area contributed by atoms with E-state index in [0.29, 0.717) is 11.3 Å². The van der Waals surface area contributed by atoms with Crippen LogP contribution in [-0.2, 0) is 17.1 Å². The first kappa shape index (κ1) is 27.7. The third kappa shape index (κ3) is 7.82. The molecule has 0 radical (unpaired) electrons. The molecule has 4 aromatic rings. The van der Waals surface area contributed by atoms with Gasteiger partial charge in [0, 0.05) is 17.1 Å². The minimum absolute atomic E-state index is 0.00881. The smallest absolute Gasteiger partial charge is 0.327 e. The molecule has 0 aliphatic heterocycles. The first-order valence-electron chi connectivity index (χ1n) is 12.6. The van der Waals surface area contributed by atoms with Crippen molar-refractivity contribution in [3.8, 4) is 11.1 Å². The van der Waals surface area contributed by atoms with E-state index in [1.54, 1.807) is 12.1 Å². The number of imide groups is 1. The highest BCUT2D eigenvalue weighted by molar-refractivity contribution is 7.98. The van der Waals surface area contributed by atoms with E-state index >= 15 is 0 Å². The van der Waals surface area contributed by atoms with E-state index in [-0.39, 0.29) is 12.3 Å². The number of rotatable bonds is 10. The molecule has 4 aromatic carbocycles. The zero-order valence-corrected chi connectivity index (χ0v) is 22.4. The molecule has 7 heteroatoms. The summed E-state index contributed by atoms with van der Waals surface area (Å²) >= 11 is 1.41. The average molecular weight is 539 g/mol. The number of nitrogens with zero attached hydrogens (tertiary/aromatic N) is 1. The van der Waals surface area contributed by atoms with Gasteiger partial charge in [-0.05, 0) is 41.3 Å². The molecular weight excluding hydrogens is 508 g/mol. The molecule has 0 aromatic heterocycles. The molecule has 0 fully saturated rings. The lowest BCUT2D eigenvalue weighted by Crippen LogP contribution is -2.50. The Morgan fingerprint density at radius 2 is 1.36 bits per heavy atom. The quantitative estimate of drug-likeness (QED) is 0.244. The van der Waals surface area contributed by atoms with Crippen LogP contribution in [0.5, 0.6) is 0 Å². The number of aliphatic carboxylic acids is 1. The largest absolute Gasteiger partial charge is 0.480 e. The van der Waals surface area contributed by atoms with Crippen LogP contribution in [0.15, 0.2) is 109 Å². The normalized spacial score (nSPS) is 11.4. The second kappa shape index (κ2) is 13.4. The van der Waals surface area contributed by atoms with E-state index in [2.05, 4.69) is 5.32 Å². The van der Waals surface area contributed by atoms with Crippen LogP contribution in [0.2, 0.25) is 0 Å². The highest BCUT2D eigenvalue weighted by atomic mass is 32.2. The number of hydrogen-bond acceptors (Lipinski definition) is 4. The first-order valence-corrected chi connectivity index (χ1v) is 13.7. The Morgan fingerprint density at radius 1 is 0.769 bits per heavy atom. The van der Waals surface area contributed by atoms with Crippen molar-refractivity contribution in [1.29, 1.82) is 0 Å². The molecule has 0 heterocycles. The van der Waals surface area contributed by atoms with E-state index in [0.717, 1.165) is 32.7 Å². The summed E-state index contributed by atoms with van der Waals surface area (Å²) in [6, 6.07) is 32.2. The van der Waals surface area contributed by atoms with Gasteiger partial charge in [0.2, 0.25) is 0 Å². The molecule has 0 saturated heterocycles. The molecule has 39 heavy (non-hydrogen) atoms. The Hall–Kier alpha value is -4.36. The Balaban J connectivity index is 1.51. The maximum Gasteiger partial charge on any atom is 0.327 e. The molecule has 1 unspecified atom stereocenters. The molecule has 3 amide bonds. The van der Waals surface area contributed by atoms with E-state index < -0.39 is 23.9 Å². The standard InChI is InChI=1S/C32H30N2O4S/c1-23-12-14-24(15-13-23)20-34(30(35)28-18-16-27(17-19-28)26-10-6-3-7-11-26)32(38)33-29(31(36)37)22-39-21-25-8-4-2-5-9-25/h2-19,29H,20-22H2,1H3,(H,33,38)(H,36,37). The van der Waals surface area contributed by atoms with Crippen LogP contribution in [0.4, 0.5) is 4.79 Å². The van der Waals surface area contributed by atoms with Crippen molar-refractivity contribution in [2.24, 2.45) is 0 Å². The number of carboxylic acid groups (broad SMARTS) is 1. The number of nitrogens with one attached hydrogen (secondary N) is 1. The summed E-state index contributed by atoms with van der Waals surface area (Å²) in [6.07, 6.45) is 0. The Labute approximate surface area is 232 Å². The van der Waals surface area contributed by atoms with Gasteiger partial charge in [0.15, 0.2) is 0 Å². The van der Waals surface area contributed by atoms with Gasteiger partial charge < -0.3 is 10.4 Å². The number of carbonyl (C=O) groups excluding carboxylic acids is 2. The predicted molar refractivity (Wildman–Crippen MR) is 155 cm³/mol. The van der Waals surface area contributed by atoms with Crippen LogP contribution in [0.25, 0.3) is 11.1 Å². The van der Waals surface area contributed by atoms with Crippen LogP contribution in [0.3, 0.4) is 0 Å². The van der Waals surface area contributed by atoms with Crippen molar-refractivity contribution < 1.29 is 19.5 Å². The van der Waals surface area contributed by atoms with Crippen molar-refractivity contribution >= 4 is 29.7 Å². The fraction of sp³-hybridized carbons (Fsp3) is 0.156. The SMILES string of the molecule is Cc1ccc(CN(C(=O)NC(CSCc2ccccc2)C(=O)O)C(=O)c2ccc(-c3ccccc3)cc2)cc1. The van der Waals surface area contributed by atoms with Gasteiger partial charge in [0.1, 0.15) is 6.04 Å². The molecule has 198 valence electrons. The molecule has 1 atom stereocenters. The van der Waals surface area contributed by atoms with Crippen LogP contribution in [-0.4, -0.2) is 39.7 Å². The zero-order chi connectivity index (χ0) is 27.6. The van der Waals surface area contributed by atoms with Crippen LogP contribution in [0, 0.1) is 6.92 Å². The van der Waals surface area contributed by atoms with Crippen molar-refractivity contribution in [3.63, 3.8) is 0 Å². The van der Waals surface area contributed by atoms with Gasteiger partial charge in [-0.15, -0.1) is 0 Å². The Kier molecular flexibility index (Phi) is 9.53. The van der Waals surface area contributed by atoms with E-state index in [9.17, 15) is 19.5 Å². The highest BCUT2D eigenvalue weighted by Gasteiger charge is 2.28. The monoisotopic (exact) mass is 538 g/mol. The third-order valence-electron chi connectivity index (χ3n) is 6.18. The summed E-state index contributed by atoms with van der Waals surface area (Å²) in [6.45, 7) is 1.97. The van der Waals surface area contributed by atoms with Crippen LogP contribution >= 0.6 is 11.8 Å². The van der Waals surface area contributed by atoms with E-state index in [1.807, 2.05) is 104 Å². The zero-order valence-electron chi connectivity index (χ0n) is 21.6. The predicted octanol–water partition coefficient (Wildman–Crippen LogP) is 6.40. The number of benzene rings is 4. The minimum Gasteiger partial charge on any atom is -0.480 e. The second-order valence-electron chi connectivity index (χ2n) is 9.16. The van der Waals surface area contributed by atoms with Gasteiger partial charge in [-0.25, -0.2) is 9.59 Å². The maximum absolute atomic E-state index is 13.6. The fourth-order valence-electron chi connectivity index (χ4n) is 3.97. The maximum atomic E-state index is 13.6. The summed E-state index contributed by atoms with van der Waals surface area (Å²) in [4.78, 5) is 40.0. The first-order chi connectivity index (χ1) is 18.9. The van der Waals surface area contributed by atoms with Crippen molar-refractivity contribution in [3.05, 3.63) is 131 Å². The minimum atomic E-state index is -1.15. The fourth-order valence-corrected chi connectivity index (χ4v) is 4.98.